The van der Waals surface area contributed by atoms with Crippen LogP contribution in [0.3, 0.4) is 0 Å². The minimum Gasteiger partial charge on any atom is -0.496 e. The molecule has 1 aliphatic rings. The van der Waals surface area contributed by atoms with E-state index in [0.717, 1.165) is 12.8 Å². The molecule has 1 fully saturated rings. The maximum Gasteiger partial charge on any atom is 0.387 e. The van der Waals surface area contributed by atoms with Gasteiger partial charge in [0.15, 0.2) is 11.9 Å². The number of halogens is 2. The summed E-state index contributed by atoms with van der Waals surface area (Å²) >= 11 is 0. The highest BCUT2D eigenvalue weighted by molar-refractivity contribution is 6.01. The number of pyridine rings is 1. The van der Waals surface area contributed by atoms with E-state index in [2.05, 4.69) is 10.4 Å². The molecule has 1 amide bonds. The minimum absolute atomic E-state index is 0.0292. The molecule has 0 saturated heterocycles. The predicted molar refractivity (Wildman–Crippen MR) is 115 cm³/mol. The molecule has 10 heteroatoms. The Morgan fingerprint density at radius 3 is 2.64 bits per heavy atom. The van der Waals surface area contributed by atoms with Crippen molar-refractivity contribution in [1.82, 2.24) is 14.9 Å². The molecule has 4 rings (SSSR count). The molecule has 2 aromatic heterocycles. The van der Waals surface area contributed by atoms with E-state index < -0.39 is 18.1 Å². The number of benzene rings is 1. The highest BCUT2D eigenvalue weighted by Gasteiger charge is 2.29. The first-order valence-corrected chi connectivity index (χ1v) is 10.3. The molecule has 0 aliphatic heterocycles. The van der Waals surface area contributed by atoms with Crippen molar-refractivity contribution in [2.24, 2.45) is 0 Å². The van der Waals surface area contributed by atoms with Crippen LogP contribution in [0.15, 0.2) is 36.7 Å². The van der Waals surface area contributed by atoms with E-state index in [1.165, 1.54) is 13.2 Å². The van der Waals surface area contributed by atoms with Crippen LogP contribution in [0.4, 0.5) is 8.78 Å². The number of ether oxygens (including phenoxy) is 3. The van der Waals surface area contributed by atoms with Crippen molar-refractivity contribution >= 4 is 17.7 Å². The fourth-order valence-corrected chi connectivity index (χ4v) is 3.38. The summed E-state index contributed by atoms with van der Waals surface area (Å²) in [7, 11) is 1.35. The molecule has 0 radical (unpaired) electrons. The average molecular weight is 459 g/mol. The van der Waals surface area contributed by atoms with Gasteiger partial charge in [-0.3, -0.25) is 9.59 Å². The molecule has 33 heavy (non-hydrogen) atoms. The molecule has 1 aliphatic carbocycles. The Morgan fingerprint density at radius 2 is 2.00 bits per heavy atom. The van der Waals surface area contributed by atoms with Crippen LogP contribution < -0.4 is 19.5 Å². The summed E-state index contributed by atoms with van der Waals surface area (Å²) in [4.78, 5) is 23.8. The van der Waals surface area contributed by atoms with E-state index in [1.54, 1.807) is 49.0 Å². The number of methoxy groups -OCH3 is 1. The molecule has 1 aromatic carbocycles. The summed E-state index contributed by atoms with van der Waals surface area (Å²) < 4.78 is 43.6. The topological polar surface area (TPSA) is 91.2 Å². The van der Waals surface area contributed by atoms with E-state index >= 15 is 0 Å². The van der Waals surface area contributed by atoms with E-state index in [1.807, 2.05) is 0 Å². The van der Waals surface area contributed by atoms with Gasteiger partial charge in [0.25, 0.3) is 5.91 Å². The summed E-state index contributed by atoms with van der Waals surface area (Å²) in [5.74, 6) is -0.283. The van der Waals surface area contributed by atoms with Gasteiger partial charge in [0.1, 0.15) is 22.8 Å². The van der Waals surface area contributed by atoms with Gasteiger partial charge in [-0.2, -0.15) is 13.9 Å². The largest absolute Gasteiger partial charge is 0.496 e. The Labute approximate surface area is 188 Å². The smallest absolute Gasteiger partial charge is 0.387 e. The second-order valence-electron chi connectivity index (χ2n) is 8.25. The number of nitrogens with one attached hydrogen (secondary N) is 1. The van der Waals surface area contributed by atoms with Gasteiger partial charge in [-0.05, 0) is 56.5 Å². The predicted octanol–water partition coefficient (Wildman–Crippen LogP) is 3.86. The molecule has 174 valence electrons. The Kier molecular flexibility index (Phi) is 5.92. The third kappa shape index (κ3) is 4.89. The number of aromatic nitrogens is 2. The molecular formula is C23H23F2N3O5. The summed E-state index contributed by atoms with van der Waals surface area (Å²) in [6.07, 6.45) is 5.54. The number of rotatable bonds is 9. The molecule has 8 nitrogen and oxygen atoms in total. The van der Waals surface area contributed by atoms with Gasteiger partial charge >= 0.3 is 6.61 Å². The van der Waals surface area contributed by atoms with E-state index in [9.17, 15) is 18.4 Å². The summed E-state index contributed by atoms with van der Waals surface area (Å²) in [6, 6.07) is 6.38. The maximum atomic E-state index is 13.2. The fraction of sp³-hybridized carbons (Fsp3) is 0.348. The van der Waals surface area contributed by atoms with Crippen molar-refractivity contribution < 1.29 is 32.6 Å². The van der Waals surface area contributed by atoms with Gasteiger partial charge in [0.2, 0.25) is 0 Å². The zero-order chi connectivity index (χ0) is 23.8. The van der Waals surface area contributed by atoms with Crippen molar-refractivity contribution in [2.45, 2.75) is 44.9 Å². The number of hydrogen-bond donors (Lipinski definition) is 1. The molecule has 1 N–H and O–H groups in total. The number of alkyl halides is 2. The lowest BCUT2D eigenvalue weighted by molar-refractivity contribution is -0.119. The number of fused-ring (bicyclic) bond motifs is 1. The normalized spacial score (nSPS) is 13.8. The molecule has 3 aromatic rings. The third-order valence-corrected chi connectivity index (χ3v) is 5.11. The van der Waals surface area contributed by atoms with Crippen LogP contribution in [0, 0.1) is 0 Å². The zero-order valence-electron chi connectivity index (χ0n) is 18.3. The standard InChI is InChI=1S/C23H23F2N3O5/c1-23(2,12-29)33-15-6-7-17-16(10-26-28(17)11-15)13-8-18(31-3)20(19(9-13)32-22(24)25)21(30)27-14-4-5-14/h6-12,14,22H,4-5H2,1-3H3,(H,27,30). The summed E-state index contributed by atoms with van der Waals surface area (Å²) in [6.45, 7) is 0.148. The van der Waals surface area contributed by atoms with E-state index in [-0.39, 0.29) is 23.1 Å². The van der Waals surface area contributed by atoms with Crippen molar-refractivity contribution in [1.29, 1.82) is 0 Å². The summed E-state index contributed by atoms with van der Waals surface area (Å²) in [5, 5.41) is 7.08. The molecule has 0 bridgehead atoms. The lowest BCUT2D eigenvalue weighted by Gasteiger charge is -2.19. The van der Waals surface area contributed by atoms with Gasteiger partial charge in [0, 0.05) is 11.6 Å². The number of amides is 1. The van der Waals surface area contributed by atoms with E-state index in [0.29, 0.717) is 28.7 Å². The SMILES string of the molecule is COc1cc(-c2cnn3cc(OC(C)(C)C=O)ccc23)cc(OC(F)F)c1C(=O)NC1CC1. The van der Waals surface area contributed by atoms with E-state index in [4.69, 9.17) is 14.2 Å². The van der Waals surface area contributed by atoms with Gasteiger partial charge in [0.05, 0.1) is 25.0 Å². The van der Waals surface area contributed by atoms with Crippen LogP contribution >= 0.6 is 0 Å². The van der Waals surface area contributed by atoms with Gasteiger partial charge < -0.3 is 19.5 Å². The number of carbonyl (C=O) groups is 2. The van der Waals surface area contributed by atoms with Crippen LogP contribution in [-0.2, 0) is 4.79 Å². The van der Waals surface area contributed by atoms with Crippen LogP contribution in [0.1, 0.15) is 37.0 Å². The Morgan fingerprint density at radius 1 is 1.27 bits per heavy atom. The van der Waals surface area contributed by atoms with Crippen LogP contribution in [0.5, 0.6) is 17.2 Å². The number of carbonyl (C=O) groups excluding carboxylic acids is 2. The molecule has 0 spiro atoms. The molecule has 0 unspecified atom stereocenters. The first-order valence-electron chi connectivity index (χ1n) is 10.3. The first-order chi connectivity index (χ1) is 15.7. The van der Waals surface area contributed by atoms with Crippen LogP contribution in [0.25, 0.3) is 16.6 Å². The second-order valence-corrected chi connectivity index (χ2v) is 8.25. The van der Waals surface area contributed by atoms with Crippen molar-refractivity contribution in [3.8, 4) is 28.4 Å². The highest BCUT2D eigenvalue weighted by Crippen LogP contribution is 2.38. The third-order valence-electron chi connectivity index (χ3n) is 5.11. The quantitative estimate of drug-likeness (QED) is 0.489. The first kappa shape index (κ1) is 22.5. The number of nitrogens with zero attached hydrogens (tertiary/aromatic N) is 2. The molecule has 0 atom stereocenters. The zero-order valence-corrected chi connectivity index (χ0v) is 18.3. The Hall–Kier alpha value is -3.69. The number of aldehydes is 1. The summed E-state index contributed by atoms with van der Waals surface area (Å²) in [5.41, 5.74) is 0.628. The molecule has 1 saturated carbocycles. The van der Waals surface area contributed by atoms with Gasteiger partial charge in [-0.25, -0.2) is 4.52 Å². The fourth-order valence-electron chi connectivity index (χ4n) is 3.38. The van der Waals surface area contributed by atoms with Crippen molar-refractivity contribution in [3.63, 3.8) is 0 Å². The lowest BCUT2D eigenvalue weighted by Crippen LogP contribution is -2.29. The van der Waals surface area contributed by atoms with Crippen molar-refractivity contribution in [2.75, 3.05) is 7.11 Å². The van der Waals surface area contributed by atoms with Gasteiger partial charge in [-0.1, -0.05) is 0 Å². The second kappa shape index (κ2) is 8.68. The van der Waals surface area contributed by atoms with Crippen molar-refractivity contribution in [3.05, 3.63) is 42.2 Å². The molecule has 2 heterocycles. The number of hydrogen-bond acceptors (Lipinski definition) is 6. The Balaban J connectivity index is 1.76. The average Bonchev–Trinajstić information content (AvgIpc) is 3.47. The highest BCUT2D eigenvalue weighted by atomic mass is 19.3. The van der Waals surface area contributed by atoms with Crippen LogP contribution in [-0.4, -0.2) is 47.2 Å². The minimum atomic E-state index is -3.12. The lowest BCUT2D eigenvalue weighted by atomic mass is 10.0. The monoisotopic (exact) mass is 459 g/mol. The van der Waals surface area contributed by atoms with Crippen LogP contribution in [0.2, 0.25) is 0 Å². The maximum absolute atomic E-state index is 13.2. The molecular weight excluding hydrogens is 436 g/mol. The van der Waals surface area contributed by atoms with Gasteiger partial charge in [-0.15, -0.1) is 0 Å². The Bertz CT molecular complexity index is 1200.